The molecule has 0 fully saturated rings. The molecule has 0 aromatic heterocycles. The first kappa shape index (κ1) is 15.0. The summed E-state index contributed by atoms with van der Waals surface area (Å²) in [4.78, 5) is 0.318. The van der Waals surface area contributed by atoms with Gasteiger partial charge in [0.2, 0.25) is 10.0 Å². The molecule has 0 aliphatic heterocycles. The van der Waals surface area contributed by atoms with Crippen molar-refractivity contribution in [3.63, 3.8) is 0 Å². The van der Waals surface area contributed by atoms with Crippen molar-refractivity contribution >= 4 is 15.7 Å². The SMILES string of the molecule is CCCNS(=O)(=O)c1ccccc1NC(C)CC. The summed E-state index contributed by atoms with van der Waals surface area (Å²) in [7, 11) is -3.42. The summed E-state index contributed by atoms with van der Waals surface area (Å²) < 4.78 is 26.9. The Labute approximate surface area is 110 Å². The normalized spacial score (nSPS) is 13.3. The largest absolute Gasteiger partial charge is 0.382 e. The highest BCUT2D eigenvalue weighted by Crippen LogP contribution is 2.21. The van der Waals surface area contributed by atoms with E-state index in [2.05, 4.69) is 17.0 Å². The van der Waals surface area contributed by atoms with Crippen molar-refractivity contribution in [2.75, 3.05) is 11.9 Å². The number of benzene rings is 1. The van der Waals surface area contributed by atoms with E-state index in [-0.39, 0.29) is 6.04 Å². The van der Waals surface area contributed by atoms with E-state index >= 15 is 0 Å². The van der Waals surface area contributed by atoms with Gasteiger partial charge in [0.05, 0.1) is 5.69 Å². The van der Waals surface area contributed by atoms with Crippen LogP contribution in [-0.4, -0.2) is 21.0 Å². The third-order valence-electron chi connectivity index (χ3n) is 2.73. The van der Waals surface area contributed by atoms with Crippen LogP contribution >= 0.6 is 0 Å². The molecule has 0 aliphatic carbocycles. The fourth-order valence-corrected chi connectivity index (χ4v) is 2.80. The van der Waals surface area contributed by atoms with Gasteiger partial charge in [-0.25, -0.2) is 13.1 Å². The summed E-state index contributed by atoms with van der Waals surface area (Å²) in [6.07, 6.45) is 1.72. The lowest BCUT2D eigenvalue weighted by molar-refractivity contribution is 0.581. The monoisotopic (exact) mass is 270 g/mol. The minimum Gasteiger partial charge on any atom is -0.382 e. The molecule has 0 heterocycles. The number of para-hydroxylation sites is 1. The second-order valence-corrected chi connectivity index (χ2v) is 6.08. The van der Waals surface area contributed by atoms with E-state index in [4.69, 9.17) is 0 Å². The highest BCUT2D eigenvalue weighted by atomic mass is 32.2. The molecule has 0 saturated heterocycles. The molecule has 1 rings (SSSR count). The molecule has 5 heteroatoms. The first-order valence-corrected chi connectivity index (χ1v) is 7.84. The van der Waals surface area contributed by atoms with Crippen molar-refractivity contribution < 1.29 is 8.42 Å². The number of anilines is 1. The molecule has 18 heavy (non-hydrogen) atoms. The van der Waals surface area contributed by atoms with Crippen LogP contribution in [0.25, 0.3) is 0 Å². The predicted molar refractivity (Wildman–Crippen MR) is 75.3 cm³/mol. The van der Waals surface area contributed by atoms with Gasteiger partial charge in [-0.05, 0) is 31.9 Å². The topological polar surface area (TPSA) is 58.2 Å². The Morgan fingerprint density at radius 2 is 1.89 bits per heavy atom. The van der Waals surface area contributed by atoms with Crippen molar-refractivity contribution in [2.45, 2.75) is 44.6 Å². The van der Waals surface area contributed by atoms with Gasteiger partial charge < -0.3 is 5.32 Å². The Hall–Kier alpha value is -1.07. The Morgan fingerprint density at radius 1 is 1.22 bits per heavy atom. The van der Waals surface area contributed by atoms with Gasteiger partial charge in [0, 0.05) is 12.6 Å². The molecule has 2 N–H and O–H groups in total. The zero-order valence-electron chi connectivity index (χ0n) is 11.2. The van der Waals surface area contributed by atoms with Gasteiger partial charge in [-0.1, -0.05) is 26.0 Å². The van der Waals surface area contributed by atoms with E-state index in [0.717, 1.165) is 12.8 Å². The minimum absolute atomic E-state index is 0.243. The smallest absolute Gasteiger partial charge is 0.242 e. The molecule has 102 valence electrons. The van der Waals surface area contributed by atoms with E-state index in [9.17, 15) is 8.42 Å². The van der Waals surface area contributed by atoms with Crippen molar-refractivity contribution in [3.8, 4) is 0 Å². The average molecular weight is 270 g/mol. The lowest BCUT2D eigenvalue weighted by atomic mass is 10.2. The Bertz CT molecular complexity index is 472. The van der Waals surface area contributed by atoms with Crippen LogP contribution in [0, 0.1) is 0 Å². The molecule has 0 saturated carbocycles. The Kier molecular flexibility index (Phi) is 5.62. The van der Waals surface area contributed by atoms with Gasteiger partial charge in [0.15, 0.2) is 0 Å². The number of hydrogen-bond donors (Lipinski definition) is 2. The van der Waals surface area contributed by atoms with Crippen LogP contribution in [0.5, 0.6) is 0 Å². The fourth-order valence-electron chi connectivity index (χ4n) is 1.50. The van der Waals surface area contributed by atoms with Crippen molar-refractivity contribution in [2.24, 2.45) is 0 Å². The predicted octanol–water partition coefficient (Wildman–Crippen LogP) is 2.59. The van der Waals surface area contributed by atoms with Crippen LogP contribution in [0.3, 0.4) is 0 Å². The van der Waals surface area contributed by atoms with Crippen LogP contribution in [-0.2, 0) is 10.0 Å². The second-order valence-electron chi connectivity index (χ2n) is 4.35. The van der Waals surface area contributed by atoms with Crippen molar-refractivity contribution in [1.29, 1.82) is 0 Å². The van der Waals surface area contributed by atoms with Gasteiger partial charge in [-0.2, -0.15) is 0 Å². The summed E-state index contributed by atoms with van der Waals surface area (Å²) in [6, 6.07) is 7.24. The highest BCUT2D eigenvalue weighted by molar-refractivity contribution is 7.89. The zero-order chi connectivity index (χ0) is 13.6. The maximum atomic E-state index is 12.1. The van der Waals surface area contributed by atoms with Crippen molar-refractivity contribution in [3.05, 3.63) is 24.3 Å². The molecular formula is C13H22N2O2S. The number of hydrogen-bond acceptors (Lipinski definition) is 3. The molecule has 1 unspecified atom stereocenters. The third kappa shape index (κ3) is 3.99. The van der Waals surface area contributed by atoms with E-state index in [0.29, 0.717) is 17.1 Å². The zero-order valence-corrected chi connectivity index (χ0v) is 12.0. The number of nitrogens with one attached hydrogen (secondary N) is 2. The number of sulfonamides is 1. The van der Waals surface area contributed by atoms with Crippen LogP contribution in [0.4, 0.5) is 5.69 Å². The first-order valence-electron chi connectivity index (χ1n) is 6.36. The van der Waals surface area contributed by atoms with E-state index < -0.39 is 10.0 Å². The minimum atomic E-state index is -3.42. The van der Waals surface area contributed by atoms with Gasteiger partial charge in [-0.3, -0.25) is 0 Å². The van der Waals surface area contributed by atoms with Crippen LogP contribution in [0.15, 0.2) is 29.2 Å². The fraction of sp³-hybridized carbons (Fsp3) is 0.538. The highest BCUT2D eigenvalue weighted by Gasteiger charge is 2.17. The summed E-state index contributed by atoms with van der Waals surface area (Å²) in [5, 5.41) is 3.22. The summed E-state index contributed by atoms with van der Waals surface area (Å²) in [5.74, 6) is 0. The Balaban J connectivity index is 3.01. The van der Waals surface area contributed by atoms with Gasteiger partial charge in [0.1, 0.15) is 4.90 Å². The van der Waals surface area contributed by atoms with Gasteiger partial charge in [0.25, 0.3) is 0 Å². The van der Waals surface area contributed by atoms with Crippen LogP contribution in [0.2, 0.25) is 0 Å². The molecule has 0 bridgehead atoms. The average Bonchev–Trinajstić information content (AvgIpc) is 2.36. The quantitative estimate of drug-likeness (QED) is 0.800. The van der Waals surface area contributed by atoms with Crippen LogP contribution in [0.1, 0.15) is 33.6 Å². The van der Waals surface area contributed by atoms with E-state index in [1.54, 1.807) is 18.2 Å². The summed E-state index contributed by atoms with van der Waals surface area (Å²) in [6.45, 7) is 6.48. The van der Waals surface area contributed by atoms with Crippen molar-refractivity contribution in [1.82, 2.24) is 4.72 Å². The number of rotatable bonds is 7. The van der Waals surface area contributed by atoms with Gasteiger partial charge in [-0.15, -0.1) is 0 Å². The molecule has 0 amide bonds. The molecule has 0 spiro atoms. The lowest BCUT2D eigenvalue weighted by Gasteiger charge is -2.16. The first-order chi connectivity index (χ1) is 8.51. The molecule has 4 nitrogen and oxygen atoms in total. The molecule has 1 aromatic carbocycles. The lowest BCUT2D eigenvalue weighted by Crippen LogP contribution is -2.26. The molecule has 1 aromatic rings. The third-order valence-corrected chi connectivity index (χ3v) is 4.25. The van der Waals surface area contributed by atoms with Crippen LogP contribution < -0.4 is 10.0 Å². The molecule has 1 atom stereocenters. The van der Waals surface area contributed by atoms with E-state index in [1.165, 1.54) is 0 Å². The maximum Gasteiger partial charge on any atom is 0.242 e. The summed E-state index contributed by atoms with van der Waals surface area (Å²) in [5.41, 5.74) is 0.662. The Morgan fingerprint density at radius 3 is 2.50 bits per heavy atom. The second kappa shape index (κ2) is 6.75. The van der Waals surface area contributed by atoms with Gasteiger partial charge >= 0.3 is 0 Å². The standard InChI is InChI=1S/C13H22N2O2S/c1-4-10-14-18(16,17)13-9-7-6-8-12(13)15-11(3)5-2/h6-9,11,14-15H,4-5,10H2,1-3H3. The summed E-state index contributed by atoms with van der Waals surface area (Å²) >= 11 is 0. The molecule has 0 radical (unpaired) electrons. The molecular weight excluding hydrogens is 248 g/mol. The van der Waals surface area contributed by atoms with E-state index in [1.807, 2.05) is 19.9 Å². The molecule has 0 aliphatic rings. The maximum absolute atomic E-state index is 12.1.